The summed E-state index contributed by atoms with van der Waals surface area (Å²) in [5.41, 5.74) is 0. The number of carboxylic acid groups (broad SMARTS) is 1. The molecule has 0 aromatic rings. The standard InChI is InChI=1S/C8H12Br2O4/c1-2-5(3-7(11)12)14-8(13)6(10)4-9/h5-6H,2-4H2,1H3,(H,11,12). The molecule has 14 heavy (non-hydrogen) atoms. The Morgan fingerprint density at radius 2 is 2.07 bits per heavy atom. The van der Waals surface area contributed by atoms with Crippen LogP contribution in [0.2, 0.25) is 0 Å². The summed E-state index contributed by atoms with van der Waals surface area (Å²) in [7, 11) is 0. The summed E-state index contributed by atoms with van der Waals surface area (Å²) in [5, 5.41) is 8.95. The van der Waals surface area contributed by atoms with Gasteiger partial charge in [0.05, 0.1) is 6.42 Å². The number of alkyl halides is 2. The number of carbonyl (C=O) groups is 2. The first-order chi connectivity index (χ1) is 6.51. The van der Waals surface area contributed by atoms with Crippen molar-refractivity contribution in [1.29, 1.82) is 0 Å². The van der Waals surface area contributed by atoms with Crippen molar-refractivity contribution >= 4 is 43.8 Å². The second-order valence-electron chi connectivity index (χ2n) is 2.69. The van der Waals surface area contributed by atoms with E-state index in [1.807, 2.05) is 0 Å². The highest BCUT2D eigenvalue weighted by atomic mass is 79.9. The van der Waals surface area contributed by atoms with E-state index >= 15 is 0 Å². The van der Waals surface area contributed by atoms with Gasteiger partial charge in [0.1, 0.15) is 10.9 Å². The van der Waals surface area contributed by atoms with E-state index in [-0.39, 0.29) is 6.42 Å². The summed E-state index contributed by atoms with van der Waals surface area (Å²) in [6, 6.07) is 0. The molecule has 4 nitrogen and oxygen atoms in total. The van der Waals surface area contributed by atoms with Crippen LogP contribution in [-0.2, 0) is 14.3 Å². The fourth-order valence-electron chi connectivity index (χ4n) is 0.765. The number of rotatable bonds is 6. The molecule has 0 aliphatic heterocycles. The van der Waals surface area contributed by atoms with Crippen LogP contribution in [0.1, 0.15) is 19.8 Å². The van der Waals surface area contributed by atoms with Crippen molar-refractivity contribution in [2.24, 2.45) is 0 Å². The van der Waals surface area contributed by atoms with E-state index < -0.39 is 22.9 Å². The summed E-state index contributed by atoms with van der Waals surface area (Å²) in [6.45, 7) is 1.78. The highest BCUT2D eigenvalue weighted by Gasteiger charge is 2.20. The molecule has 0 aromatic heterocycles. The summed E-state index contributed by atoms with van der Waals surface area (Å²) in [5.74, 6) is -1.40. The van der Waals surface area contributed by atoms with E-state index in [1.54, 1.807) is 6.92 Å². The maximum absolute atomic E-state index is 11.2. The normalized spacial score (nSPS) is 14.5. The molecule has 6 heteroatoms. The Kier molecular flexibility index (Phi) is 7.17. The van der Waals surface area contributed by atoms with Gasteiger partial charge in [0.25, 0.3) is 0 Å². The molecule has 0 saturated carbocycles. The van der Waals surface area contributed by atoms with Gasteiger partial charge in [-0.1, -0.05) is 38.8 Å². The molecular weight excluding hydrogens is 320 g/mol. The zero-order valence-electron chi connectivity index (χ0n) is 7.70. The predicted octanol–water partition coefficient (Wildman–Crippen LogP) is 1.94. The minimum Gasteiger partial charge on any atom is -0.481 e. The SMILES string of the molecule is CCC(CC(=O)O)OC(=O)C(Br)CBr. The van der Waals surface area contributed by atoms with Crippen LogP contribution in [0, 0.1) is 0 Å². The number of ether oxygens (including phenoxy) is 1. The maximum Gasteiger partial charge on any atom is 0.320 e. The first-order valence-electron chi connectivity index (χ1n) is 4.13. The Labute approximate surface area is 99.3 Å². The molecule has 2 atom stereocenters. The molecule has 0 amide bonds. The van der Waals surface area contributed by atoms with Crippen LogP contribution in [0.3, 0.4) is 0 Å². The number of hydrogen-bond donors (Lipinski definition) is 1. The summed E-state index contributed by atoms with van der Waals surface area (Å²) in [6.07, 6.45) is -0.191. The largest absolute Gasteiger partial charge is 0.481 e. The Hall–Kier alpha value is -0.100. The quantitative estimate of drug-likeness (QED) is 0.596. The van der Waals surface area contributed by atoms with Crippen LogP contribution in [0.15, 0.2) is 0 Å². The zero-order valence-corrected chi connectivity index (χ0v) is 10.9. The molecule has 0 rings (SSSR count). The Balaban J connectivity index is 4.04. The zero-order chi connectivity index (χ0) is 11.1. The first kappa shape index (κ1) is 13.9. The van der Waals surface area contributed by atoms with E-state index in [2.05, 4.69) is 31.9 Å². The summed E-state index contributed by atoms with van der Waals surface area (Å²) in [4.78, 5) is 21.2. The number of aliphatic carboxylic acids is 1. The monoisotopic (exact) mass is 330 g/mol. The van der Waals surface area contributed by atoms with Crippen molar-refractivity contribution < 1.29 is 19.4 Å². The molecule has 0 aliphatic rings. The van der Waals surface area contributed by atoms with Gasteiger partial charge >= 0.3 is 11.9 Å². The van der Waals surface area contributed by atoms with Crippen LogP contribution in [0.25, 0.3) is 0 Å². The lowest BCUT2D eigenvalue weighted by Crippen LogP contribution is -2.26. The van der Waals surface area contributed by atoms with Gasteiger partial charge in [0.15, 0.2) is 0 Å². The summed E-state index contributed by atoms with van der Waals surface area (Å²) < 4.78 is 4.97. The lowest BCUT2D eigenvalue weighted by atomic mass is 10.2. The van der Waals surface area contributed by atoms with Crippen molar-refractivity contribution in [3.05, 3.63) is 0 Å². The van der Waals surface area contributed by atoms with Crippen molar-refractivity contribution in [1.82, 2.24) is 0 Å². The third-order valence-electron chi connectivity index (χ3n) is 1.53. The van der Waals surface area contributed by atoms with Crippen molar-refractivity contribution in [3.63, 3.8) is 0 Å². The highest BCUT2D eigenvalue weighted by molar-refractivity contribution is 9.12. The van der Waals surface area contributed by atoms with Crippen LogP contribution >= 0.6 is 31.9 Å². The van der Waals surface area contributed by atoms with Gasteiger partial charge in [-0.2, -0.15) is 0 Å². The third-order valence-corrected chi connectivity index (χ3v) is 3.75. The minimum atomic E-state index is -0.963. The van der Waals surface area contributed by atoms with Gasteiger partial charge in [0, 0.05) is 5.33 Å². The average molecular weight is 332 g/mol. The molecule has 1 N–H and O–H groups in total. The lowest BCUT2D eigenvalue weighted by molar-refractivity contribution is -0.151. The van der Waals surface area contributed by atoms with E-state index in [9.17, 15) is 9.59 Å². The third kappa shape index (κ3) is 5.59. The second-order valence-corrected chi connectivity index (χ2v) is 4.44. The summed E-state index contributed by atoms with van der Waals surface area (Å²) >= 11 is 6.21. The van der Waals surface area contributed by atoms with Crippen LogP contribution < -0.4 is 0 Å². The van der Waals surface area contributed by atoms with Gasteiger partial charge in [0.2, 0.25) is 0 Å². The van der Waals surface area contributed by atoms with E-state index in [4.69, 9.17) is 9.84 Å². The molecule has 0 bridgehead atoms. The molecule has 0 saturated heterocycles. The number of hydrogen-bond acceptors (Lipinski definition) is 3. The van der Waals surface area contributed by atoms with Gasteiger partial charge < -0.3 is 9.84 Å². The molecule has 82 valence electrons. The Morgan fingerprint density at radius 3 is 2.43 bits per heavy atom. The van der Waals surface area contributed by atoms with E-state index in [0.717, 1.165) is 0 Å². The predicted molar refractivity (Wildman–Crippen MR) is 58.9 cm³/mol. The Morgan fingerprint density at radius 1 is 1.50 bits per heavy atom. The highest BCUT2D eigenvalue weighted by Crippen LogP contribution is 2.11. The van der Waals surface area contributed by atoms with Crippen LogP contribution in [0.5, 0.6) is 0 Å². The van der Waals surface area contributed by atoms with Crippen molar-refractivity contribution in [3.8, 4) is 0 Å². The minimum absolute atomic E-state index is 0.149. The second kappa shape index (κ2) is 7.23. The van der Waals surface area contributed by atoms with Gasteiger partial charge in [-0.05, 0) is 6.42 Å². The average Bonchev–Trinajstić information content (AvgIpc) is 2.14. The molecule has 2 unspecified atom stereocenters. The fraction of sp³-hybridized carbons (Fsp3) is 0.750. The van der Waals surface area contributed by atoms with Gasteiger partial charge in [-0.25, -0.2) is 0 Å². The van der Waals surface area contributed by atoms with Gasteiger partial charge in [-0.3, -0.25) is 9.59 Å². The topological polar surface area (TPSA) is 63.6 Å². The molecule has 0 fully saturated rings. The van der Waals surface area contributed by atoms with E-state index in [0.29, 0.717) is 11.8 Å². The number of carboxylic acids is 1. The van der Waals surface area contributed by atoms with Crippen molar-refractivity contribution in [2.45, 2.75) is 30.7 Å². The van der Waals surface area contributed by atoms with Crippen LogP contribution in [0.4, 0.5) is 0 Å². The first-order valence-corrected chi connectivity index (χ1v) is 6.17. The molecule has 0 heterocycles. The van der Waals surface area contributed by atoms with Gasteiger partial charge in [-0.15, -0.1) is 0 Å². The number of esters is 1. The Bertz CT molecular complexity index is 208. The van der Waals surface area contributed by atoms with Crippen LogP contribution in [-0.4, -0.2) is 33.3 Å². The smallest absolute Gasteiger partial charge is 0.320 e. The van der Waals surface area contributed by atoms with E-state index in [1.165, 1.54) is 0 Å². The molecular formula is C8H12Br2O4. The molecule has 0 spiro atoms. The number of carbonyl (C=O) groups excluding carboxylic acids is 1. The molecule has 0 aromatic carbocycles. The lowest BCUT2D eigenvalue weighted by Gasteiger charge is -2.15. The molecule has 0 radical (unpaired) electrons. The van der Waals surface area contributed by atoms with Crippen molar-refractivity contribution in [2.75, 3.05) is 5.33 Å². The fourth-order valence-corrected chi connectivity index (χ4v) is 1.14. The number of halogens is 2. The maximum atomic E-state index is 11.2. The molecule has 0 aliphatic carbocycles.